The van der Waals surface area contributed by atoms with Crippen molar-refractivity contribution in [2.75, 3.05) is 49.4 Å². The highest BCUT2D eigenvalue weighted by Crippen LogP contribution is 2.40. The fourth-order valence-corrected chi connectivity index (χ4v) is 9.46. The summed E-state index contributed by atoms with van der Waals surface area (Å²) >= 11 is 7.25. The van der Waals surface area contributed by atoms with Gasteiger partial charge in [0.1, 0.15) is 23.4 Å². The fourth-order valence-electron chi connectivity index (χ4n) is 8.13. The number of halogens is 2. The summed E-state index contributed by atoms with van der Waals surface area (Å²) in [6.45, 7) is 20.1. The van der Waals surface area contributed by atoms with Gasteiger partial charge in [0.05, 0.1) is 48.6 Å². The van der Waals surface area contributed by atoms with Gasteiger partial charge >= 0.3 is 0 Å². The molecule has 3 N–H and O–H groups in total. The number of β-amino-alcohol motifs (C(OH)–C–C–N with tert-alkyl or cyclic N) is 1. The summed E-state index contributed by atoms with van der Waals surface area (Å²) in [5, 5.41) is 16.5. The molecule has 6 rings (SSSR count). The number of nitrogens with zero attached hydrogens (tertiary/aromatic N) is 5. The van der Waals surface area contributed by atoms with Crippen LogP contribution in [0.25, 0.3) is 15.3 Å². The number of aliphatic hydroxyl groups excluding tert-OH is 1. The van der Waals surface area contributed by atoms with E-state index in [2.05, 4.69) is 20.5 Å². The van der Waals surface area contributed by atoms with E-state index >= 15 is 0 Å². The predicted octanol–water partition coefficient (Wildman–Crippen LogP) is 7.92. The number of aryl methyl sites for hydroxylation is 1. The van der Waals surface area contributed by atoms with Gasteiger partial charge in [0.25, 0.3) is 12.3 Å². The minimum atomic E-state index is -2.89. The maximum atomic E-state index is 14.0. The first-order valence-corrected chi connectivity index (χ1v) is 24.0. The van der Waals surface area contributed by atoms with Crippen LogP contribution in [0.1, 0.15) is 83.5 Å². The lowest BCUT2D eigenvalue weighted by atomic mass is 9.85. The molecule has 0 radical (unpaired) electrons. The Bertz CT molecular complexity index is 2510. The molecule has 1 aromatic heterocycles. The third-order valence-electron chi connectivity index (χ3n) is 11.9. The number of carbonyl (C=O) groups excluding carboxylic acids is 4. The van der Waals surface area contributed by atoms with Crippen LogP contribution in [0.3, 0.4) is 0 Å². The van der Waals surface area contributed by atoms with E-state index in [0.717, 1.165) is 27.8 Å². The molecular weight excluding hydrogens is 929 g/mol. The molecule has 0 saturated carbocycles. The highest BCUT2D eigenvalue weighted by Gasteiger charge is 2.50. The summed E-state index contributed by atoms with van der Waals surface area (Å²) in [5.74, 6) is -0.929. The number of aromatic nitrogens is 1. The molecule has 3 aromatic carbocycles. The Morgan fingerprint density at radius 3 is 2.28 bits per heavy atom. The summed E-state index contributed by atoms with van der Waals surface area (Å²) < 4.78 is 44.6. The average molecular weight is 988 g/mol. The van der Waals surface area contributed by atoms with Crippen LogP contribution < -0.4 is 25.2 Å². The summed E-state index contributed by atoms with van der Waals surface area (Å²) in [7, 11) is 0. The number of thiazole rings is 1. The molecule has 3 heterocycles. The first kappa shape index (κ1) is 52.5. The van der Waals surface area contributed by atoms with E-state index in [1.54, 1.807) is 59.9 Å². The standard InChI is InChI=1S/C50H59F2N7O8S2/c1-31-42(69-30-55-31)33-13-11-32(12-14-33)28-54-45(62)40-27-36(60)29-57(40)46(63)43(49(2,3)4)56-41(61)10-8-21-65-24-25-66-22-9-23-67-37-18-15-34(16-19-37)59-48(68)58(47(64)50(59,5)6)35-17-20-39(53-7)38(26-35)44(51)52/h11-20,26,30,36,40,43-44,60H,8-10,21-25,27-29H2,1-6H3,(H,54,62)(H,56,61)/t36-,40+,43-/m1/s1. The number of benzene rings is 3. The molecular formula is C50H59F2N7O8S2. The second-order valence-electron chi connectivity index (χ2n) is 18.4. The quantitative estimate of drug-likeness (QED) is 0.0422. The Morgan fingerprint density at radius 2 is 1.65 bits per heavy atom. The van der Waals surface area contributed by atoms with Crippen molar-refractivity contribution in [2.45, 2.75) is 104 Å². The molecule has 15 nitrogen and oxygen atoms in total. The number of aliphatic hydroxyl groups is 1. The van der Waals surface area contributed by atoms with Gasteiger partial charge in [-0.3, -0.25) is 24.1 Å². The van der Waals surface area contributed by atoms with Crippen LogP contribution in [0.2, 0.25) is 0 Å². The van der Waals surface area contributed by atoms with Crippen molar-refractivity contribution in [1.29, 1.82) is 0 Å². The predicted molar refractivity (Wildman–Crippen MR) is 263 cm³/mol. The number of rotatable bonds is 21. The number of thiocarbonyl (C=S) groups is 1. The van der Waals surface area contributed by atoms with E-state index in [9.17, 15) is 33.1 Å². The van der Waals surface area contributed by atoms with Gasteiger partial charge in [-0.25, -0.2) is 18.6 Å². The Labute approximate surface area is 410 Å². The number of likely N-dealkylation sites (tertiary alicyclic amines) is 1. The van der Waals surface area contributed by atoms with Crippen molar-refractivity contribution in [1.82, 2.24) is 20.5 Å². The molecule has 0 bridgehead atoms. The van der Waals surface area contributed by atoms with Gasteiger partial charge in [0, 0.05) is 62.5 Å². The number of carbonyl (C=O) groups is 4. The van der Waals surface area contributed by atoms with E-state index in [1.165, 1.54) is 21.9 Å². The first-order valence-electron chi connectivity index (χ1n) is 22.7. The zero-order valence-electron chi connectivity index (χ0n) is 39.6. The van der Waals surface area contributed by atoms with E-state index in [1.807, 2.05) is 52.0 Å². The summed E-state index contributed by atoms with van der Waals surface area (Å²) in [5.41, 5.74) is 3.01. The van der Waals surface area contributed by atoms with Crippen molar-refractivity contribution in [3.8, 4) is 16.2 Å². The summed E-state index contributed by atoms with van der Waals surface area (Å²) in [6.07, 6.45) is -2.54. The van der Waals surface area contributed by atoms with Gasteiger partial charge in [-0.05, 0) is 92.4 Å². The minimum absolute atomic E-state index is 0.0133. The Hall–Kier alpha value is -5.91. The van der Waals surface area contributed by atoms with Gasteiger partial charge in [-0.2, -0.15) is 0 Å². The van der Waals surface area contributed by atoms with E-state index in [4.69, 9.17) is 33.0 Å². The number of hydrogen-bond donors (Lipinski definition) is 3. The molecule has 2 aliphatic rings. The van der Waals surface area contributed by atoms with Crippen LogP contribution >= 0.6 is 23.6 Å². The smallest absolute Gasteiger partial charge is 0.259 e. The molecule has 2 saturated heterocycles. The molecule has 69 heavy (non-hydrogen) atoms. The zero-order valence-corrected chi connectivity index (χ0v) is 41.3. The largest absolute Gasteiger partial charge is 0.494 e. The van der Waals surface area contributed by atoms with E-state index < -0.39 is 52.9 Å². The third kappa shape index (κ3) is 12.8. The number of nitrogens with one attached hydrogen (secondary N) is 2. The number of anilines is 2. The fraction of sp³-hybridized carbons (Fsp3) is 0.460. The molecule has 0 spiro atoms. The van der Waals surface area contributed by atoms with Crippen LogP contribution in [0.4, 0.5) is 25.8 Å². The normalized spacial score (nSPS) is 17.3. The second kappa shape index (κ2) is 23.1. The molecule has 2 fully saturated rings. The number of ether oxygens (including phenoxy) is 3. The van der Waals surface area contributed by atoms with Crippen molar-refractivity contribution in [3.05, 3.63) is 100 Å². The lowest BCUT2D eigenvalue weighted by molar-refractivity contribution is -0.144. The lowest BCUT2D eigenvalue weighted by Crippen LogP contribution is -2.57. The maximum absolute atomic E-state index is 14.0. The molecule has 4 amide bonds. The van der Waals surface area contributed by atoms with Crippen molar-refractivity contribution >= 4 is 69.4 Å². The molecule has 2 aliphatic heterocycles. The highest BCUT2D eigenvalue weighted by atomic mass is 32.1. The van der Waals surface area contributed by atoms with E-state index in [-0.39, 0.29) is 54.2 Å². The van der Waals surface area contributed by atoms with Gasteiger partial charge < -0.3 is 39.8 Å². The SMILES string of the molecule is [C-]#[N+]c1ccc(N2C(=O)C(C)(C)N(c3ccc(OCCCOCCOCCCC(=O)N[C@H](C(=O)N4C[C@H](O)C[C@H]4C(=O)NCc4ccc(-c5scnc5C)cc4)C(C)(C)C)cc3)C2=S)cc1C(F)F. The van der Waals surface area contributed by atoms with Crippen LogP contribution in [-0.4, -0.2) is 107 Å². The average Bonchev–Trinajstić information content (AvgIpc) is 3.98. The number of hydrogen-bond acceptors (Lipinski definition) is 11. The molecule has 4 aromatic rings. The van der Waals surface area contributed by atoms with Gasteiger partial charge in [0.2, 0.25) is 17.7 Å². The zero-order chi connectivity index (χ0) is 50.0. The molecule has 368 valence electrons. The maximum Gasteiger partial charge on any atom is 0.259 e. The van der Waals surface area contributed by atoms with Crippen LogP contribution in [0, 0.1) is 18.9 Å². The Morgan fingerprint density at radius 1 is 0.986 bits per heavy atom. The van der Waals surface area contributed by atoms with Crippen molar-refractivity contribution in [2.24, 2.45) is 5.41 Å². The van der Waals surface area contributed by atoms with Crippen LogP contribution in [-0.2, 0) is 35.2 Å². The van der Waals surface area contributed by atoms with Crippen LogP contribution in [0.15, 0.2) is 72.2 Å². The first-order chi connectivity index (χ1) is 32.8. The summed E-state index contributed by atoms with van der Waals surface area (Å²) in [6, 6.07) is 16.9. The lowest BCUT2D eigenvalue weighted by Gasteiger charge is -2.35. The second-order valence-corrected chi connectivity index (χ2v) is 19.7. The van der Waals surface area contributed by atoms with Crippen LogP contribution in [0.5, 0.6) is 5.75 Å². The Kier molecular flexibility index (Phi) is 17.6. The number of amides is 4. The topological polar surface area (TPSA) is 167 Å². The Balaban J connectivity index is 0.862. The molecule has 3 atom stereocenters. The van der Waals surface area contributed by atoms with Gasteiger partial charge in [0.15, 0.2) is 10.8 Å². The highest BCUT2D eigenvalue weighted by molar-refractivity contribution is 7.81. The molecule has 0 aliphatic carbocycles. The van der Waals surface area contributed by atoms with E-state index in [0.29, 0.717) is 57.3 Å². The van der Waals surface area contributed by atoms with Crippen molar-refractivity contribution in [3.63, 3.8) is 0 Å². The molecule has 0 unspecified atom stereocenters. The van der Waals surface area contributed by atoms with Gasteiger partial charge in [-0.1, -0.05) is 51.1 Å². The third-order valence-corrected chi connectivity index (χ3v) is 13.2. The van der Waals surface area contributed by atoms with Gasteiger partial charge in [-0.15, -0.1) is 11.3 Å². The monoisotopic (exact) mass is 987 g/mol. The molecule has 19 heteroatoms. The minimum Gasteiger partial charge on any atom is -0.494 e. The number of alkyl halides is 2. The van der Waals surface area contributed by atoms with Crippen molar-refractivity contribution < 1.29 is 47.3 Å². The summed E-state index contributed by atoms with van der Waals surface area (Å²) in [4.78, 5) is 66.8.